The molecule has 0 bridgehead atoms. The summed E-state index contributed by atoms with van der Waals surface area (Å²) >= 11 is 0. The molecule has 0 aromatic heterocycles. The number of carboxylic acid groups (broad SMARTS) is 2. The third-order valence-electron chi connectivity index (χ3n) is 2.54. The summed E-state index contributed by atoms with van der Waals surface area (Å²) in [4.78, 5) is 21.6. The summed E-state index contributed by atoms with van der Waals surface area (Å²) in [5.74, 6) is -2.67. The first-order valence-electron chi connectivity index (χ1n) is 5.73. The Morgan fingerprint density at radius 1 is 0.938 bits per heavy atom. The van der Waals surface area contributed by atoms with E-state index in [0.29, 0.717) is 18.4 Å². The minimum atomic E-state index is -1.33. The minimum absolute atomic E-state index is 0.445. The van der Waals surface area contributed by atoms with E-state index in [9.17, 15) is 9.59 Å². The van der Waals surface area contributed by atoms with Gasteiger partial charge in [0.05, 0.1) is 0 Å². The van der Waals surface area contributed by atoms with Crippen LogP contribution in [0.2, 0.25) is 0 Å². The Bertz CT molecular complexity index is 263. The van der Waals surface area contributed by atoms with Crippen molar-refractivity contribution in [3.05, 3.63) is 11.1 Å². The third kappa shape index (κ3) is 4.96. The zero-order valence-electron chi connectivity index (χ0n) is 9.95. The molecule has 0 aromatic rings. The Morgan fingerprint density at radius 2 is 1.50 bits per heavy atom. The molecule has 0 unspecified atom stereocenters. The molecule has 4 nitrogen and oxygen atoms in total. The van der Waals surface area contributed by atoms with E-state index in [1.54, 1.807) is 6.92 Å². The monoisotopic (exact) mass is 228 g/mol. The molecule has 0 spiro atoms. The van der Waals surface area contributed by atoms with Crippen molar-refractivity contribution in [3.63, 3.8) is 0 Å². The van der Waals surface area contributed by atoms with Crippen molar-refractivity contribution in [1.82, 2.24) is 0 Å². The lowest BCUT2D eigenvalue weighted by atomic mass is 9.99. The number of unbranched alkanes of at least 4 members (excludes halogenated alkanes) is 3. The highest BCUT2D eigenvalue weighted by molar-refractivity contribution is 6.13. The van der Waals surface area contributed by atoms with Gasteiger partial charge in [-0.3, -0.25) is 0 Å². The van der Waals surface area contributed by atoms with Crippen molar-refractivity contribution in [3.8, 4) is 0 Å². The molecule has 0 rings (SSSR count). The van der Waals surface area contributed by atoms with E-state index in [1.807, 2.05) is 0 Å². The van der Waals surface area contributed by atoms with E-state index >= 15 is 0 Å². The van der Waals surface area contributed by atoms with E-state index in [2.05, 4.69) is 6.92 Å². The van der Waals surface area contributed by atoms with E-state index in [1.165, 1.54) is 0 Å². The summed E-state index contributed by atoms with van der Waals surface area (Å²) in [5, 5.41) is 17.6. The van der Waals surface area contributed by atoms with E-state index in [-0.39, 0.29) is 0 Å². The number of aliphatic carboxylic acids is 2. The van der Waals surface area contributed by atoms with Crippen LogP contribution in [-0.2, 0) is 9.59 Å². The maximum Gasteiger partial charge on any atom is 0.343 e. The number of rotatable bonds is 8. The van der Waals surface area contributed by atoms with Crippen LogP contribution in [0.15, 0.2) is 11.1 Å². The molecule has 0 radical (unpaired) electrons. The van der Waals surface area contributed by atoms with Gasteiger partial charge in [-0.05, 0) is 24.8 Å². The van der Waals surface area contributed by atoms with Gasteiger partial charge >= 0.3 is 11.9 Å². The van der Waals surface area contributed by atoms with E-state index in [0.717, 1.165) is 25.7 Å². The molecule has 16 heavy (non-hydrogen) atoms. The highest BCUT2D eigenvalue weighted by Gasteiger charge is 2.20. The SMILES string of the molecule is CCCCCCC(CC)=C(C(=O)O)C(=O)O. The molecule has 0 saturated heterocycles. The van der Waals surface area contributed by atoms with Gasteiger partial charge in [0.1, 0.15) is 5.57 Å². The first kappa shape index (κ1) is 14.7. The van der Waals surface area contributed by atoms with Gasteiger partial charge in [-0.25, -0.2) is 9.59 Å². The third-order valence-corrected chi connectivity index (χ3v) is 2.54. The second-order valence-electron chi connectivity index (χ2n) is 3.75. The predicted molar refractivity (Wildman–Crippen MR) is 61.3 cm³/mol. The molecule has 2 N–H and O–H groups in total. The molecule has 0 amide bonds. The average molecular weight is 228 g/mol. The molecule has 0 heterocycles. The molecular formula is C12H20O4. The van der Waals surface area contributed by atoms with Crippen LogP contribution >= 0.6 is 0 Å². The van der Waals surface area contributed by atoms with Gasteiger partial charge in [0.2, 0.25) is 0 Å². The first-order valence-corrected chi connectivity index (χ1v) is 5.73. The quantitative estimate of drug-likeness (QED) is 0.290. The average Bonchev–Trinajstić information content (AvgIpc) is 2.21. The van der Waals surface area contributed by atoms with Crippen molar-refractivity contribution in [2.24, 2.45) is 0 Å². The first-order chi connectivity index (χ1) is 7.54. The lowest BCUT2D eigenvalue weighted by molar-refractivity contribution is -0.140. The minimum Gasteiger partial charge on any atom is -0.477 e. The lowest BCUT2D eigenvalue weighted by Gasteiger charge is -2.07. The van der Waals surface area contributed by atoms with Gasteiger partial charge in [0, 0.05) is 0 Å². The Balaban J connectivity index is 4.57. The zero-order chi connectivity index (χ0) is 12.6. The molecule has 0 atom stereocenters. The van der Waals surface area contributed by atoms with Crippen LogP contribution in [0.4, 0.5) is 0 Å². The van der Waals surface area contributed by atoms with E-state index in [4.69, 9.17) is 10.2 Å². The van der Waals surface area contributed by atoms with Gasteiger partial charge in [0.15, 0.2) is 0 Å². The van der Waals surface area contributed by atoms with Gasteiger partial charge in [-0.15, -0.1) is 0 Å². The largest absolute Gasteiger partial charge is 0.477 e. The van der Waals surface area contributed by atoms with Crippen molar-refractivity contribution in [1.29, 1.82) is 0 Å². The second-order valence-corrected chi connectivity index (χ2v) is 3.75. The van der Waals surface area contributed by atoms with Crippen LogP contribution in [-0.4, -0.2) is 22.2 Å². The zero-order valence-corrected chi connectivity index (χ0v) is 9.95. The van der Waals surface area contributed by atoms with Gasteiger partial charge in [0.25, 0.3) is 0 Å². The lowest BCUT2D eigenvalue weighted by Crippen LogP contribution is -2.14. The Kier molecular flexibility index (Phi) is 7.25. The summed E-state index contributed by atoms with van der Waals surface area (Å²) in [7, 11) is 0. The summed E-state index contributed by atoms with van der Waals surface area (Å²) in [6, 6.07) is 0. The topological polar surface area (TPSA) is 74.6 Å². The Morgan fingerprint density at radius 3 is 1.88 bits per heavy atom. The predicted octanol–water partition coefficient (Wildman–Crippen LogP) is 2.83. The number of hydrogen-bond donors (Lipinski definition) is 2. The molecule has 0 aliphatic rings. The Labute approximate surface area is 96.0 Å². The normalized spacial score (nSPS) is 9.88. The van der Waals surface area contributed by atoms with Crippen molar-refractivity contribution < 1.29 is 19.8 Å². The maximum atomic E-state index is 10.8. The molecule has 4 heteroatoms. The summed E-state index contributed by atoms with van der Waals surface area (Å²) in [6.45, 7) is 3.89. The van der Waals surface area contributed by atoms with Crippen molar-refractivity contribution in [2.45, 2.75) is 52.4 Å². The molecular weight excluding hydrogens is 208 g/mol. The fourth-order valence-electron chi connectivity index (χ4n) is 1.64. The van der Waals surface area contributed by atoms with Gasteiger partial charge < -0.3 is 10.2 Å². The highest BCUT2D eigenvalue weighted by atomic mass is 16.4. The summed E-state index contributed by atoms with van der Waals surface area (Å²) in [5.41, 5.74) is 0.0927. The number of allylic oxidation sites excluding steroid dienone is 1. The fraction of sp³-hybridized carbons (Fsp3) is 0.667. The fourth-order valence-corrected chi connectivity index (χ4v) is 1.64. The molecule has 0 fully saturated rings. The van der Waals surface area contributed by atoms with Crippen molar-refractivity contribution >= 4 is 11.9 Å². The highest BCUT2D eigenvalue weighted by Crippen LogP contribution is 2.18. The van der Waals surface area contributed by atoms with E-state index < -0.39 is 17.5 Å². The molecule has 0 saturated carbocycles. The van der Waals surface area contributed by atoms with Gasteiger partial charge in [-0.2, -0.15) is 0 Å². The smallest absolute Gasteiger partial charge is 0.343 e. The molecule has 0 aliphatic heterocycles. The van der Waals surface area contributed by atoms with Crippen LogP contribution in [0, 0.1) is 0 Å². The summed E-state index contributed by atoms with van der Waals surface area (Å²) < 4.78 is 0. The van der Waals surface area contributed by atoms with Crippen molar-refractivity contribution in [2.75, 3.05) is 0 Å². The standard InChI is InChI=1S/C12H20O4/c1-3-5-6-7-8-9(4-2)10(11(13)14)12(15)16/h3-8H2,1-2H3,(H,13,14)(H,15,16). The molecule has 92 valence electrons. The van der Waals surface area contributed by atoms with Crippen LogP contribution in [0.1, 0.15) is 52.4 Å². The van der Waals surface area contributed by atoms with Gasteiger partial charge in [-0.1, -0.05) is 33.1 Å². The Hall–Kier alpha value is -1.32. The maximum absolute atomic E-state index is 10.8. The molecule has 0 aliphatic carbocycles. The number of carboxylic acids is 2. The summed E-state index contributed by atoms with van der Waals surface area (Å²) in [6.07, 6.45) is 5.15. The van der Waals surface area contributed by atoms with Crippen LogP contribution in [0.3, 0.4) is 0 Å². The van der Waals surface area contributed by atoms with Crippen LogP contribution in [0.5, 0.6) is 0 Å². The molecule has 0 aromatic carbocycles. The number of hydrogen-bond acceptors (Lipinski definition) is 2. The number of carbonyl (C=O) groups is 2. The second kappa shape index (κ2) is 7.91. The van der Waals surface area contributed by atoms with Crippen LogP contribution < -0.4 is 0 Å². The van der Waals surface area contributed by atoms with Crippen LogP contribution in [0.25, 0.3) is 0 Å².